The highest BCUT2D eigenvalue weighted by Gasteiger charge is 2.29. The number of benzene rings is 1. The van der Waals surface area contributed by atoms with Crippen molar-refractivity contribution in [3.63, 3.8) is 0 Å². The van der Waals surface area contributed by atoms with Crippen LogP contribution in [0.2, 0.25) is 5.02 Å². The molecule has 0 aliphatic heterocycles. The Kier molecular flexibility index (Phi) is 8.96. The molecule has 1 atom stereocenters. The molecular weight excluding hydrogens is 406 g/mol. The molecule has 1 unspecified atom stereocenters. The Bertz CT molecular complexity index is 761. The third-order valence-electron chi connectivity index (χ3n) is 5.43. The number of carbonyl (C=O) groups is 2. The van der Waals surface area contributed by atoms with Crippen LogP contribution in [0.4, 0.5) is 0 Å². The largest absolute Gasteiger partial charge is 0.489 e. The van der Waals surface area contributed by atoms with Crippen LogP contribution in [0.1, 0.15) is 56.3 Å². The van der Waals surface area contributed by atoms with Crippen molar-refractivity contribution in [2.75, 3.05) is 14.2 Å². The normalized spacial score (nSPS) is 19.7. The van der Waals surface area contributed by atoms with Gasteiger partial charge in [-0.3, -0.25) is 15.0 Å². The van der Waals surface area contributed by atoms with Crippen molar-refractivity contribution < 1.29 is 19.1 Å². The number of halogens is 1. The van der Waals surface area contributed by atoms with E-state index < -0.39 is 6.04 Å². The van der Waals surface area contributed by atoms with E-state index >= 15 is 0 Å². The summed E-state index contributed by atoms with van der Waals surface area (Å²) in [6, 6.07) is 4.23. The van der Waals surface area contributed by atoms with Crippen LogP contribution >= 0.6 is 11.6 Å². The number of ether oxygens (including phenoxy) is 2. The third-order valence-corrected chi connectivity index (χ3v) is 5.73. The SMILES string of the molecule is CNC(=O)C(CC1CCC(C(=N)OC)CC1)NC(=O)c1ccc(OC(C)C)c(Cl)c1. The second-order valence-corrected chi connectivity index (χ2v) is 8.38. The smallest absolute Gasteiger partial charge is 0.251 e. The van der Waals surface area contributed by atoms with Crippen molar-refractivity contribution in [1.29, 1.82) is 5.41 Å². The fraction of sp³-hybridized carbons (Fsp3) is 0.591. The Hall–Kier alpha value is -2.28. The number of hydrogen-bond acceptors (Lipinski definition) is 5. The second-order valence-electron chi connectivity index (χ2n) is 7.97. The van der Waals surface area contributed by atoms with Crippen LogP contribution in [-0.2, 0) is 9.53 Å². The quantitative estimate of drug-likeness (QED) is 0.425. The summed E-state index contributed by atoms with van der Waals surface area (Å²) in [6.07, 6.45) is 4.04. The van der Waals surface area contributed by atoms with Gasteiger partial charge in [0.05, 0.1) is 18.2 Å². The van der Waals surface area contributed by atoms with Crippen LogP contribution in [0.3, 0.4) is 0 Å². The average molecular weight is 438 g/mol. The fourth-order valence-electron chi connectivity index (χ4n) is 3.80. The molecular formula is C22H32ClN3O4. The Morgan fingerprint density at radius 3 is 2.43 bits per heavy atom. The number of likely N-dealkylation sites (N-methyl/N-ethyl adjacent to an activating group) is 1. The maximum atomic E-state index is 12.7. The van der Waals surface area contributed by atoms with Crippen molar-refractivity contribution in [2.45, 2.75) is 58.1 Å². The molecule has 0 spiro atoms. The van der Waals surface area contributed by atoms with Crippen LogP contribution in [0.5, 0.6) is 5.75 Å². The highest BCUT2D eigenvalue weighted by Crippen LogP contribution is 2.32. The molecule has 1 aromatic carbocycles. The maximum absolute atomic E-state index is 12.7. The minimum atomic E-state index is -0.628. The van der Waals surface area contributed by atoms with E-state index in [0.717, 1.165) is 25.7 Å². The molecule has 1 aliphatic rings. The predicted octanol–water partition coefficient (Wildman–Crippen LogP) is 3.79. The van der Waals surface area contributed by atoms with E-state index in [4.69, 9.17) is 26.5 Å². The molecule has 7 nitrogen and oxygen atoms in total. The highest BCUT2D eigenvalue weighted by atomic mass is 35.5. The minimum absolute atomic E-state index is 0.0254. The van der Waals surface area contributed by atoms with Crippen molar-refractivity contribution in [3.8, 4) is 5.75 Å². The molecule has 1 aliphatic carbocycles. The lowest BCUT2D eigenvalue weighted by molar-refractivity contribution is -0.123. The fourth-order valence-corrected chi connectivity index (χ4v) is 4.02. The van der Waals surface area contributed by atoms with Gasteiger partial charge in [0.15, 0.2) is 5.90 Å². The summed E-state index contributed by atoms with van der Waals surface area (Å²) >= 11 is 6.24. The lowest BCUT2D eigenvalue weighted by Crippen LogP contribution is -2.47. The molecule has 0 saturated heterocycles. The van der Waals surface area contributed by atoms with Crippen LogP contribution in [0.25, 0.3) is 0 Å². The molecule has 3 N–H and O–H groups in total. The lowest BCUT2D eigenvalue weighted by Gasteiger charge is -2.30. The van der Waals surface area contributed by atoms with E-state index in [1.165, 1.54) is 7.11 Å². The van der Waals surface area contributed by atoms with Crippen molar-refractivity contribution in [3.05, 3.63) is 28.8 Å². The summed E-state index contributed by atoms with van der Waals surface area (Å²) in [5.74, 6) is 0.722. The highest BCUT2D eigenvalue weighted by molar-refractivity contribution is 6.32. The Balaban J connectivity index is 2.01. The molecule has 0 bridgehead atoms. The van der Waals surface area contributed by atoms with Gasteiger partial charge in [-0.25, -0.2) is 0 Å². The van der Waals surface area contributed by atoms with Crippen LogP contribution in [0, 0.1) is 17.2 Å². The Morgan fingerprint density at radius 2 is 1.90 bits per heavy atom. The summed E-state index contributed by atoms with van der Waals surface area (Å²) in [5, 5.41) is 13.7. The number of carbonyl (C=O) groups excluding carboxylic acids is 2. The molecule has 1 fully saturated rings. The molecule has 0 heterocycles. The van der Waals surface area contributed by atoms with Crippen molar-refractivity contribution in [2.24, 2.45) is 11.8 Å². The molecule has 2 amide bonds. The maximum Gasteiger partial charge on any atom is 0.251 e. The van der Waals surface area contributed by atoms with Crippen LogP contribution in [-0.4, -0.2) is 44.0 Å². The van der Waals surface area contributed by atoms with Gasteiger partial charge in [-0.05, 0) is 70.1 Å². The zero-order valence-corrected chi connectivity index (χ0v) is 18.8. The topological polar surface area (TPSA) is 101 Å². The molecule has 2 rings (SSSR count). The zero-order valence-electron chi connectivity index (χ0n) is 18.1. The van der Waals surface area contributed by atoms with Crippen molar-refractivity contribution >= 4 is 29.3 Å². The standard InChI is InChI=1S/C22H32ClN3O4/c1-13(2)30-19-10-9-16(12-17(19)23)21(27)26-18(22(28)25-3)11-14-5-7-15(8-6-14)20(24)29-4/h9-10,12-15,18,24H,5-8,11H2,1-4H3,(H,25,28)(H,26,27). The summed E-state index contributed by atoms with van der Waals surface area (Å²) in [5.41, 5.74) is 0.377. The van der Waals surface area contributed by atoms with Gasteiger partial charge in [0, 0.05) is 18.5 Å². The van der Waals surface area contributed by atoms with Gasteiger partial charge >= 0.3 is 0 Å². The number of hydrogen-bond donors (Lipinski definition) is 3. The van der Waals surface area contributed by atoms with Gasteiger partial charge in [-0.1, -0.05) is 11.6 Å². The summed E-state index contributed by atoms with van der Waals surface area (Å²) in [4.78, 5) is 25.1. The average Bonchev–Trinajstić information content (AvgIpc) is 2.73. The monoisotopic (exact) mass is 437 g/mol. The zero-order chi connectivity index (χ0) is 22.3. The van der Waals surface area contributed by atoms with E-state index in [0.29, 0.717) is 34.6 Å². The second kappa shape index (κ2) is 11.2. The minimum Gasteiger partial charge on any atom is -0.489 e. The molecule has 166 valence electrons. The predicted molar refractivity (Wildman–Crippen MR) is 117 cm³/mol. The number of rotatable bonds is 8. The molecule has 1 aromatic rings. The van der Waals surface area contributed by atoms with Gasteiger partial charge in [-0.15, -0.1) is 0 Å². The van der Waals surface area contributed by atoms with E-state index in [9.17, 15) is 9.59 Å². The van der Waals surface area contributed by atoms with E-state index in [2.05, 4.69) is 10.6 Å². The van der Waals surface area contributed by atoms with Gasteiger partial charge in [0.25, 0.3) is 5.91 Å². The van der Waals surface area contributed by atoms with E-state index in [1.807, 2.05) is 13.8 Å². The van der Waals surface area contributed by atoms with Gasteiger partial charge in [0.2, 0.25) is 5.91 Å². The van der Waals surface area contributed by atoms with Crippen molar-refractivity contribution in [1.82, 2.24) is 10.6 Å². The summed E-state index contributed by atoms with van der Waals surface area (Å²) in [7, 11) is 3.09. The third kappa shape index (κ3) is 6.62. The van der Waals surface area contributed by atoms with E-state index in [1.54, 1.807) is 25.2 Å². The molecule has 0 radical (unpaired) electrons. The van der Waals surface area contributed by atoms with E-state index in [-0.39, 0.29) is 23.8 Å². The number of methoxy groups -OCH3 is 1. The number of amides is 2. The molecule has 30 heavy (non-hydrogen) atoms. The molecule has 1 saturated carbocycles. The molecule has 0 aromatic heterocycles. The van der Waals surface area contributed by atoms with Crippen LogP contribution in [0.15, 0.2) is 18.2 Å². The summed E-state index contributed by atoms with van der Waals surface area (Å²) < 4.78 is 10.6. The number of nitrogens with one attached hydrogen (secondary N) is 3. The Morgan fingerprint density at radius 1 is 1.23 bits per heavy atom. The first-order valence-corrected chi connectivity index (χ1v) is 10.7. The van der Waals surface area contributed by atoms with Gasteiger partial charge in [-0.2, -0.15) is 0 Å². The first kappa shape index (κ1) is 24.0. The van der Waals surface area contributed by atoms with Crippen LogP contribution < -0.4 is 15.4 Å². The first-order chi connectivity index (χ1) is 14.2. The Labute approximate surface area is 183 Å². The first-order valence-electron chi connectivity index (χ1n) is 10.4. The summed E-state index contributed by atoms with van der Waals surface area (Å²) in [6.45, 7) is 3.80. The molecule has 8 heteroatoms. The van der Waals surface area contributed by atoms with Gasteiger partial charge < -0.3 is 20.1 Å². The lowest BCUT2D eigenvalue weighted by atomic mass is 9.79. The van der Waals surface area contributed by atoms with Gasteiger partial charge in [0.1, 0.15) is 11.8 Å².